The minimum absolute atomic E-state index is 0.103. The van der Waals surface area contributed by atoms with E-state index in [1.807, 2.05) is 11.0 Å². The average molecular weight is 361 g/mol. The van der Waals surface area contributed by atoms with Crippen LogP contribution in [0.2, 0.25) is 0 Å². The third-order valence-electron chi connectivity index (χ3n) is 5.41. The zero-order valence-electron chi connectivity index (χ0n) is 14.1. The van der Waals surface area contributed by atoms with Gasteiger partial charge in [0.25, 0.3) is 10.0 Å². The van der Waals surface area contributed by atoms with Crippen LogP contribution in [0.3, 0.4) is 0 Å². The van der Waals surface area contributed by atoms with Crippen molar-refractivity contribution >= 4 is 21.8 Å². The molecule has 1 saturated carbocycles. The smallest absolute Gasteiger partial charge is 0.285 e. The van der Waals surface area contributed by atoms with Gasteiger partial charge in [0, 0.05) is 24.7 Å². The lowest BCUT2D eigenvalue weighted by atomic mass is 9.96. The van der Waals surface area contributed by atoms with Gasteiger partial charge in [-0.25, -0.2) is 0 Å². The number of carbonyl (C=O) groups is 1. The third kappa shape index (κ3) is 3.17. The van der Waals surface area contributed by atoms with Crippen molar-refractivity contribution in [1.82, 2.24) is 10.2 Å². The molecule has 2 aliphatic heterocycles. The van der Waals surface area contributed by atoms with Gasteiger partial charge in [0.15, 0.2) is 5.84 Å². The second-order valence-electron chi connectivity index (χ2n) is 7.16. The molecule has 0 unspecified atom stereocenters. The fourth-order valence-corrected chi connectivity index (χ4v) is 5.32. The number of fused-ring (bicyclic) bond motifs is 1. The Morgan fingerprint density at radius 3 is 2.68 bits per heavy atom. The fourth-order valence-electron chi connectivity index (χ4n) is 4.09. The molecule has 0 spiro atoms. The largest absolute Gasteiger partial charge is 0.355 e. The first-order valence-electron chi connectivity index (χ1n) is 9.04. The summed E-state index contributed by atoms with van der Waals surface area (Å²) in [5.41, 5.74) is 0.652. The van der Waals surface area contributed by atoms with E-state index in [0.29, 0.717) is 24.0 Å². The Bertz CT molecular complexity index is 813. The maximum Gasteiger partial charge on any atom is 0.285 e. The van der Waals surface area contributed by atoms with Crippen LogP contribution in [0.1, 0.15) is 44.1 Å². The Labute approximate surface area is 148 Å². The maximum atomic E-state index is 12.6. The summed E-state index contributed by atoms with van der Waals surface area (Å²) in [6.07, 6.45) is 6.22. The second-order valence-corrected chi connectivity index (χ2v) is 8.73. The van der Waals surface area contributed by atoms with Crippen molar-refractivity contribution in [3.05, 3.63) is 29.8 Å². The molecule has 7 heteroatoms. The summed E-state index contributed by atoms with van der Waals surface area (Å²) < 4.78 is 28.5. The molecular weight excluding hydrogens is 338 g/mol. The lowest BCUT2D eigenvalue weighted by Gasteiger charge is -2.33. The van der Waals surface area contributed by atoms with Crippen LogP contribution in [0.25, 0.3) is 0 Å². The Hall–Kier alpha value is -1.89. The van der Waals surface area contributed by atoms with Crippen molar-refractivity contribution in [2.75, 3.05) is 13.1 Å². The highest BCUT2D eigenvalue weighted by Gasteiger charge is 2.35. The maximum absolute atomic E-state index is 12.6. The van der Waals surface area contributed by atoms with Crippen LogP contribution in [0.5, 0.6) is 0 Å². The van der Waals surface area contributed by atoms with Crippen LogP contribution in [-0.2, 0) is 14.8 Å². The zero-order chi connectivity index (χ0) is 17.4. The molecule has 1 N–H and O–H groups in total. The molecule has 25 heavy (non-hydrogen) atoms. The minimum atomic E-state index is -3.61. The predicted molar refractivity (Wildman–Crippen MR) is 94.9 cm³/mol. The van der Waals surface area contributed by atoms with Crippen LogP contribution in [0.4, 0.5) is 0 Å². The molecule has 134 valence electrons. The first kappa shape index (κ1) is 16.6. The predicted octanol–water partition coefficient (Wildman–Crippen LogP) is 1.91. The quantitative estimate of drug-likeness (QED) is 0.873. The number of sulfonamides is 1. The van der Waals surface area contributed by atoms with Gasteiger partial charge in [-0.3, -0.25) is 4.79 Å². The first-order chi connectivity index (χ1) is 12.0. The Kier molecular flexibility index (Phi) is 4.27. The molecule has 0 radical (unpaired) electrons. The number of hydrogen-bond acceptors (Lipinski definition) is 4. The molecule has 3 aliphatic rings. The number of amidine groups is 1. The highest BCUT2D eigenvalue weighted by molar-refractivity contribution is 7.90. The van der Waals surface area contributed by atoms with Gasteiger partial charge in [-0.15, -0.1) is 4.40 Å². The summed E-state index contributed by atoms with van der Waals surface area (Å²) in [4.78, 5) is 14.8. The molecule has 1 aliphatic carbocycles. The topological polar surface area (TPSA) is 78.8 Å². The molecule has 1 atom stereocenters. The van der Waals surface area contributed by atoms with E-state index in [0.717, 1.165) is 32.2 Å². The molecule has 1 aromatic carbocycles. The van der Waals surface area contributed by atoms with Crippen molar-refractivity contribution in [3.63, 3.8) is 0 Å². The summed E-state index contributed by atoms with van der Waals surface area (Å²) in [7, 11) is -3.61. The lowest BCUT2D eigenvalue weighted by Crippen LogP contribution is -2.47. The van der Waals surface area contributed by atoms with Gasteiger partial charge in [-0.05, 0) is 37.8 Å². The van der Waals surface area contributed by atoms with E-state index in [4.69, 9.17) is 0 Å². The van der Waals surface area contributed by atoms with Gasteiger partial charge in [0.1, 0.15) is 4.90 Å². The van der Waals surface area contributed by atoms with Gasteiger partial charge < -0.3 is 10.2 Å². The van der Waals surface area contributed by atoms with Gasteiger partial charge in [0.2, 0.25) is 5.91 Å². The summed E-state index contributed by atoms with van der Waals surface area (Å²) in [5.74, 6) is 0.493. The Balaban J connectivity index is 1.51. The van der Waals surface area contributed by atoms with Crippen LogP contribution in [0.15, 0.2) is 33.6 Å². The molecular formula is C18H23N3O3S. The number of piperidine rings is 1. The van der Waals surface area contributed by atoms with Gasteiger partial charge in [0.05, 0.1) is 5.92 Å². The van der Waals surface area contributed by atoms with E-state index in [1.54, 1.807) is 18.2 Å². The monoisotopic (exact) mass is 361 g/mol. The number of likely N-dealkylation sites (tertiary alicyclic amines) is 1. The van der Waals surface area contributed by atoms with E-state index in [-0.39, 0.29) is 16.7 Å². The highest BCUT2D eigenvalue weighted by atomic mass is 32.2. The van der Waals surface area contributed by atoms with E-state index >= 15 is 0 Å². The van der Waals surface area contributed by atoms with E-state index < -0.39 is 10.0 Å². The molecule has 2 heterocycles. The van der Waals surface area contributed by atoms with Crippen LogP contribution >= 0.6 is 0 Å². The number of nitrogens with one attached hydrogen (secondary N) is 1. The molecule has 1 amide bonds. The fraction of sp³-hybridized carbons (Fsp3) is 0.556. The van der Waals surface area contributed by atoms with Gasteiger partial charge in [-0.2, -0.15) is 8.42 Å². The number of amides is 1. The molecule has 2 fully saturated rings. The normalized spacial score (nSPS) is 25.5. The third-order valence-corrected chi connectivity index (χ3v) is 6.73. The van der Waals surface area contributed by atoms with E-state index in [1.165, 1.54) is 12.8 Å². The molecule has 1 aromatic rings. The highest BCUT2D eigenvalue weighted by Crippen LogP contribution is 2.30. The number of rotatable bonds is 2. The van der Waals surface area contributed by atoms with Crippen LogP contribution in [0, 0.1) is 5.92 Å². The Morgan fingerprint density at radius 1 is 1.12 bits per heavy atom. The zero-order valence-corrected chi connectivity index (χ0v) is 15.0. The summed E-state index contributed by atoms with van der Waals surface area (Å²) in [6, 6.07) is 7.23. The Morgan fingerprint density at radius 2 is 1.88 bits per heavy atom. The van der Waals surface area contributed by atoms with E-state index in [9.17, 15) is 13.2 Å². The van der Waals surface area contributed by atoms with E-state index in [2.05, 4.69) is 9.71 Å². The molecule has 0 aromatic heterocycles. The molecule has 6 nitrogen and oxygen atoms in total. The van der Waals surface area contributed by atoms with Crippen molar-refractivity contribution < 1.29 is 13.2 Å². The van der Waals surface area contributed by atoms with Gasteiger partial charge >= 0.3 is 0 Å². The number of carbonyl (C=O) groups excluding carboxylic acids is 1. The molecule has 0 bridgehead atoms. The van der Waals surface area contributed by atoms with Crippen LogP contribution in [-0.4, -0.2) is 44.2 Å². The summed E-state index contributed by atoms with van der Waals surface area (Å²) in [6.45, 7) is 1.26. The molecule has 4 rings (SSSR count). The van der Waals surface area contributed by atoms with Crippen molar-refractivity contribution in [2.24, 2.45) is 10.3 Å². The van der Waals surface area contributed by atoms with Crippen molar-refractivity contribution in [2.45, 2.75) is 49.5 Å². The van der Waals surface area contributed by atoms with Gasteiger partial charge in [-0.1, -0.05) is 25.0 Å². The van der Waals surface area contributed by atoms with Crippen LogP contribution < -0.4 is 5.32 Å². The molecule has 1 saturated heterocycles. The van der Waals surface area contributed by atoms with Crippen molar-refractivity contribution in [1.29, 1.82) is 0 Å². The summed E-state index contributed by atoms with van der Waals surface area (Å²) >= 11 is 0. The number of hydrogen-bond donors (Lipinski definition) is 1. The average Bonchev–Trinajstić information content (AvgIpc) is 3.21. The van der Waals surface area contributed by atoms with Crippen molar-refractivity contribution in [3.8, 4) is 0 Å². The SMILES string of the molecule is O=C(NC1CCCC1)[C@@H]1CCCN(C2=NS(=O)(=O)c3ccccc32)C1. The lowest BCUT2D eigenvalue weighted by molar-refractivity contribution is -0.126. The first-order valence-corrected chi connectivity index (χ1v) is 10.5. The number of nitrogens with zero attached hydrogens (tertiary/aromatic N) is 2. The summed E-state index contributed by atoms with van der Waals surface area (Å²) in [5, 5.41) is 3.17. The standard InChI is InChI=1S/C18H23N3O3S/c22-18(19-14-7-1-2-8-14)13-6-5-11-21(12-13)17-15-9-3-4-10-16(15)25(23,24)20-17/h3-4,9-10,13-14H,1-2,5-8,11-12H2,(H,19,22)/t13-/m1/s1. The minimum Gasteiger partial charge on any atom is -0.355 e. The second kappa shape index (κ2) is 6.44. The number of benzene rings is 1.